The summed E-state index contributed by atoms with van der Waals surface area (Å²) in [5, 5.41) is 18.5. The van der Waals surface area contributed by atoms with Crippen LogP contribution in [0.5, 0.6) is 0 Å². The van der Waals surface area contributed by atoms with E-state index in [-0.39, 0.29) is 0 Å². The summed E-state index contributed by atoms with van der Waals surface area (Å²) in [5.74, 6) is 2.53. The number of nitriles is 1. The highest BCUT2D eigenvalue weighted by atomic mass is 32.2. The number of para-hydroxylation sites is 1. The van der Waals surface area contributed by atoms with Crippen LogP contribution in [-0.4, -0.2) is 25.5 Å². The first kappa shape index (κ1) is 20.0. The maximum atomic E-state index is 8.75. The number of thioether (sulfide) groups is 2. The number of benzene rings is 2. The van der Waals surface area contributed by atoms with Gasteiger partial charge in [0.25, 0.3) is 0 Å². The Balaban J connectivity index is 1.51. The van der Waals surface area contributed by atoms with Crippen LogP contribution in [0.15, 0.2) is 64.1 Å². The van der Waals surface area contributed by atoms with Crippen molar-refractivity contribution in [2.45, 2.75) is 34.6 Å². The van der Waals surface area contributed by atoms with E-state index in [1.165, 1.54) is 10.3 Å². The molecule has 0 unspecified atom stereocenters. The zero-order chi connectivity index (χ0) is 19.9. The van der Waals surface area contributed by atoms with Crippen LogP contribution < -0.4 is 0 Å². The second kappa shape index (κ2) is 9.92. The fourth-order valence-electron chi connectivity index (χ4n) is 2.81. The average molecular weight is 438 g/mol. The van der Waals surface area contributed by atoms with Gasteiger partial charge in [-0.05, 0) is 24.1 Å². The van der Waals surface area contributed by atoms with Crippen molar-refractivity contribution in [2.24, 2.45) is 0 Å². The normalized spacial score (nSPS) is 11.0. The summed E-state index contributed by atoms with van der Waals surface area (Å²) in [5.41, 5.74) is 2.26. The summed E-state index contributed by atoms with van der Waals surface area (Å²) >= 11 is 5.08. The van der Waals surface area contributed by atoms with E-state index in [4.69, 9.17) is 10.2 Å². The van der Waals surface area contributed by atoms with Gasteiger partial charge in [0, 0.05) is 12.2 Å². The van der Waals surface area contributed by atoms with E-state index in [9.17, 15) is 0 Å². The predicted octanol–water partition coefficient (Wildman–Crippen LogP) is 5.62. The molecule has 29 heavy (non-hydrogen) atoms. The number of thiazole rings is 1. The highest BCUT2D eigenvalue weighted by Gasteiger charge is 2.14. The molecule has 146 valence electrons. The highest BCUT2D eigenvalue weighted by molar-refractivity contribution is 8.00. The van der Waals surface area contributed by atoms with Gasteiger partial charge in [-0.25, -0.2) is 4.98 Å². The fourth-order valence-corrected chi connectivity index (χ4v) is 5.71. The van der Waals surface area contributed by atoms with E-state index in [0.717, 1.165) is 45.3 Å². The molecule has 4 aromatic rings. The molecule has 2 heterocycles. The van der Waals surface area contributed by atoms with Gasteiger partial charge in [-0.2, -0.15) is 5.26 Å². The molecule has 0 saturated carbocycles. The Kier molecular flexibility index (Phi) is 6.83. The molecule has 0 aliphatic rings. The molecule has 5 nitrogen and oxygen atoms in total. The Bertz CT molecular complexity index is 1080. The number of hydrogen-bond acceptors (Lipinski definition) is 7. The third kappa shape index (κ3) is 5.18. The van der Waals surface area contributed by atoms with Crippen molar-refractivity contribution in [1.82, 2.24) is 19.7 Å². The topological polar surface area (TPSA) is 67.4 Å². The summed E-state index contributed by atoms with van der Waals surface area (Å²) in [4.78, 5) is 4.71. The summed E-state index contributed by atoms with van der Waals surface area (Å²) in [7, 11) is 0. The fraction of sp³-hybridized carbons (Fsp3) is 0.238. The molecule has 0 aliphatic carbocycles. The monoisotopic (exact) mass is 437 g/mol. The Labute approximate surface area is 182 Å². The quantitative estimate of drug-likeness (QED) is 0.250. The Morgan fingerprint density at radius 2 is 1.83 bits per heavy atom. The van der Waals surface area contributed by atoms with Crippen molar-refractivity contribution in [3.05, 3.63) is 66.0 Å². The van der Waals surface area contributed by atoms with Crippen molar-refractivity contribution in [3.63, 3.8) is 0 Å². The first-order valence-corrected chi connectivity index (χ1v) is 12.1. The zero-order valence-electron chi connectivity index (χ0n) is 15.7. The van der Waals surface area contributed by atoms with Gasteiger partial charge in [0.2, 0.25) is 0 Å². The highest BCUT2D eigenvalue weighted by Crippen LogP contribution is 2.32. The van der Waals surface area contributed by atoms with E-state index < -0.39 is 0 Å². The molecule has 0 spiro atoms. The smallest absolute Gasteiger partial charge is 0.191 e. The van der Waals surface area contributed by atoms with Crippen molar-refractivity contribution in [1.29, 1.82) is 5.26 Å². The minimum absolute atomic E-state index is 0.570. The molecule has 0 radical (unpaired) electrons. The maximum Gasteiger partial charge on any atom is 0.191 e. The molecule has 2 aromatic carbocycles. The van der Waals surface area contributed by atoms with Gasteiger partial charge in [-0.3, -0.25) is 0 Å². The van der Waals surface area contributed by atoms with Crippen molar-refractivity contribution < 1.29 is 0 Å². The third-order valence-electron chi connectivity index (χ3n) is 4.24. The van der Waals surface area contributed by atoms with Gasteiger partial charge >= 0.3 is 0 Å². The molecular weight excluding hydrogens is 418 g/mol. The van der Waals surface area contributed by atoms with E-state index in [1.54, 1.807) is 34.9 Å². The number of hydrogen-bond donors (Lipinski definition) is 0. The van der Waals surface area contributed by atoms with Gasteiger partial charge in [0.1, 0.15) is 5.82 Å². The molecular formula is C21H19N5S3. The molecule has 0 bridgehead atoms. The Hall–Kier alpha value is -2.34. The summed E-state index contributed by atoms with van der Waals surface area (Å²) in [6.07, 6.45) is 1.43. The van der Waals surface area contributed by atoms with Gasteiger partial charge in [-0.15, -0.1) is 21.5 Å². The molecule has 4 rings (SSSR count). The number of nitrogens with zero attached hydrogens (tertiary/aromatic N) is 5. The first-order chi connectivity index (χ1) is 14.3. The first-order valence-electron chi connectivity index (χ1n) is 9.27. The molecule has 0 fully saturated rings. The van der Waals surface area contributed by atoms with Gasteiger partial charge in [-0.1, -0.05) is 66.0 Å². The number of rotatable bonds is 9. The Morgan fingerprint density at radius 1 is 1.00 bits per heavy atom. The third-order valence-corrected chi connectivity index (χ3v) is 7.47. The van der Waals surface area contributed by atoms with E-state index in [2.05, 4.69) is 51.2 Å². The molecule has 0 aliphatic heterocycles. The summed E-state index contributed by atoms with van der Waals surface area (Å²) in [6.45, 7) is 0.740. The summed E-state index contributed by atoms with van der Waals surface area (Å²) < 4.78 is 4.44. The van der Waals surface area contributed by atoms with Crippen LogP contribution in [0.1, 0.15) is 24.2 Å². The molecule has 8 heteroatoms. The molecule has 0 N–H and O–H groups in total. The lowest BCUT2D eigenvalue weighted by Crippen LogP contribution is -2.06. The van der Waals surface area contributed by atoms with Crippen molar-refractivity contribution in [3.8, 4) is 6.07 Å². The second-order valence-corrected chi connectivity index (χ2v) is 9.63. The Morgan fingerprint density at radius 3 is 2.66 bits per heavy atom. The SMILES string of the molecule is N#CCCCSc1nnc(CSc2nc3ccccc3s2)n1Cc1ccccc1. The van der Waals surface area contributed by atoms with Crippen LogP contribution in [-0.2, 0) is 12.3 Å². The number of fused-ring (bicyclic) bond motifs is 1. The van der Waals surface area contributed by atoms with Crippen molar-refractivity contribution in [2.75, 3.05) is 5.75 Å². The second-order valence-electron chi connectivity index (χ2n) is 6.32. The van der Waals surface area contributed by atoms with Crippen LogP contribution in [0, 0.1) is 11.3 Å². The lowest BCUT2D eigenvalue weighted by molar-refractivity contribution is 0.684. The standard InChI is InChI=1S/C21H19N5S3/c22-12-6-7-13-27-20-25-24-19(26(20)14-16-8-2-1-3-9-16)15-28-21-23-17-10-4-5-11-18(17)29-21/h1-5,8-11H,6-7,13-15H2. The largest absolute Gasteiger partial charge is 0.301 e. The van der Waals surface area contributed by atoms with E-state index >= 15 is 0 Å². The molecule has 0 amide bonds. The molecule has 0 saturated heterocycles. The zero-order valence-corrected chi connectivity index (χ0v) is 18.1. The summed E-state index contributed by atoms with van der Waals surface area (Å²) in [6, 6.07) is 20.8. The lowest BCUT2D eigenvalue weighted by Gasteiger charge is -2.10. The molecule has 2 aromatic heterocycles. The van der Waals surface area contributed by atoms with E-state index in [0.29, 0.717) is 6.42 Å². The average Bonchev–Trinajstić information content (AvgIpc) is 3.34. The minimum Gasteiger partial charge on any atom is -0.301 e. The maximum absolute atomic E-state index is 8.75. The van der Waals surface area contributed by atoms with Crippen LogP contribution >= 0.6 is 34.9 Å². The van der Waals surface area contributed by atoms with Gasteiger partial charge in [0.05, 0.1) is 28.6 Å². The molecule has 0 atom stereocenters. The van der Waals surface area contributed by atoms with Gasteiger partial charge in [0.15, 0.2) is 9.50 Å². The van der Waals surface area contributed by atoms with Gasteiger partial charge < -0.3 is 4.57 Å². The van der Waals surface area contributed by atoms with Crippen LogP contribution in [0.2, 0.25) is 0 Å². The minimum atomic E-state index is 0.570. The number of unbranched alkanes of at least 4 members (excludes halogenated alkanes) is 1. The van der Waals surface area contributed by atoms with Crippen LogP contribution in [0.4, 0.5) is 0 Å². The van der Waals surface area contributed by atoms with Crippen LogP contribution in [0.3, 0.4) is 0 Å². The van der Waals surface area contributed by atoms with E-state index in [1.807, 2.05) is 24.3 Å². The predicted molar refractivity (Wildman–Crippen MR) is 120 cm³/mol. The number of aromatic nitrogens is 4. The van der Waals surface area contributed by atoms with Crippen LogP contribution in [0.25, 0.3) is 10.2 Å². The van der Waals surface area contributed by atoms with Crippen molar-refractivity contribution >= 4 is 45.1 Å². The lowest BCUT2D eigenvalue weighted by atomic mass is 10.2.